The number of rotatable bonds is 5. The first-order valence-corrected chi connectivity index (χ1v) is 9.31. The van der Waals surface area contributed by atoms with Crippen LogP contribution in [-0.4, -0.2) is 41.8 Å². The van der Waals surface area contributed by atoms with Crippen LogP contribution in [0.1, 0.15) is 13.3 Å². The highest BCUT2D eigenvalue weighted by Gasteiger charge is 2.29. The fourth-order valence-electron chi connectivity index (χ4n) is 2.45. The number of piperidine rings is 1. The van der Waals surface area contributed by atoms with Crippen molar-refractivity contribution in [2.75, 3.05) is 27.3 Å². The van der Waals surface area contributed by atoms with Crippen molar-refractivity contribution in [2.24, 2.45) is 5.92 Å². The van der Waals surface area contributed by atoms with Gasteiger partial charge in [0.25, 0.3) is 0 Å². The van der Waals surface area contributed by atoms with E-state index in [9.17, 15) is 8.42 Å². The second kappa shape index (κ2) is 7.16. The number of hydrogen-bond acceptors (Lipinski definition) is 5. The van der Waals surface area contributed by atoms with Crippen LogP contribution in [0.5, 0.6) is 11.5 Å². The number of nitrogens with one attached hydrogen (secondary N) is 2. The molecule has 22 heavy (non-hydrogen) atoms. The zero-order valence-corrected chi connectivity index (χ0v) is 15.3. The number of hydrogen-bond donors (Lipinski definition) is 2. The molecule has 6 nitrogen and oxygen atoms in total. The Labute approximate surface area is 139 Å². The topological polar surface area (TPSA) is 76.7 Å². The van der Waals surface area contributed by atoms with Gasteiger partial charge >= 0.3 is 0 Å². The smallest absolute Gasteiger partial charge is 0.244 e. The molecule has 124 valence electrons. The fraction of sp³-hybridized carbons (Fsp3) is 0.571. The van der Waals surface area contributed by atoms with Crippen LogP contribution < -0.4 is 19.5 Å². The van der Waals surface area contributed by atoms with Gasteiger partial charge in [-0.3, -0.25) is 0 Å². The van der Waals surface area contributed by atoms with Gasteiger partial charge in [0.1, 0.15) is 16.4 Å². The second-order valence-electron chi connectivity index (χ2n) is 5.34. The van der Waals surface area contributed by atoms with Crippen molar-refractivity contribution in [1.82, 2.24) is 10.0 Å². The zero-order valence-electron chi connectivity index (χ0n) is 12.8. The highest BCUT2D eigenvalue weighted by atomic mass is 79.9. The fourth-order valence-corrected chi connectivity index (χ4v) is 4.63. The van der Waals surface area contributed by atoms with E-state index in [1.807, 2.05) is 0 Å². The Bertz CT molecular complexity index is 636. The number of benzene rings is 1. The lowest BCUT2D eigenvalue weighted by Gasteiger charge is -2.30. The van der Waals surface area contributed by atoms with Crippen LogP contribution in [0, 0.1) is 5.92 Å². The molecule has 0 aromatic heterocycles. The maximum absolute atomic E-state index is 12.7. The third kappa shape index (κ3) is 3.73. The van der Waals surface area contributed by atoms with Crippen LogP contribution in [0.4, 0.5) is 0 Å². The summed E-state index contributed by atoms with van der Waals surface area (Å²) >= 11 is 3.32. The quantitative estimate of drug-likeness (QED) is 0.797. The van der Waals surface area contributed by atoms with Gasteiger partial charge < -0.3 is 14.8 Å². The first-order valence-electron chi connectivity index (χ1n) is 7.03. The molecule has 0 saturated carbocycles. The van der Waals surface area contributed by atoms with E-state index in [1.165, 1.54) is 20.3 Å². The number of ether oxygens (including phenoxy) is 2. The Morgan fingerprint density at radius 2 is 1.95 bits per heavy atom. The molecule has 2 N–H and O–H groups in total. The largest absolute Gasteiger partial charge is 0.495 e. The average Bonchev–Trinajstić information content (AvgIpc) is 2.49. The molecule has 1 saturated heterocycles. The van der Waals surface area contributed by atoms with E-state index in [0.717, 1.165) is 13.0 Å². The van der Waals surface area contributed by atoms with Crippen molar-refractivity contribution in [3.8, 4) is 11.5 Å². The van der Waals surface area contributed by atoms with Gasteiger partial charge in [-0.1, -0.05) is 6.92 Å². The van der Waals surface area contributed by atoms with E-state index in [-0.39, 0.29) is 22.6 Å². The molecular formula is C14H21BrN2O4S. The normalized spacial score (nSPS) is 22.4. The van der Waals surface area contributed by atoms with Crippen LogP contribution in [0.2, 0.25) is 0 Å². The van der Waals surface area contributed by atoms with Crippen LogP contribution in [0.15, 0.2) is 21.5 Å². The molecule has 0 amide bonds. The van der Waals surface area contributed by atoms with Gasteiger partial charge in [0, 0.05) is 18.7 Å². The molecule has 0 aliphatic carbocycles. The standard InChI is InChI=1S/C14H21BrN2O4S/c1-9-4-5-16-8-11(9)17-22(18,19)14-6-10(15)12(20-2)7-13(14)21-3/h6-7,9,11,16-17H,4-5,8H2,1-3H3. The summed E-state index contributed by atoms with van der Waals surface area (Å²) in [6.07, 6.45) is 0.941. The monoisotopic (exact) mass is 392 g/mol. The first-order chi connectivity index (χ1) is 10.4. The minimum Gasteiger partial charge on any atom is -0.495 e. The summed E-state index contributed by atoms with van der Waals surface area (Å²) < 4.78 is 39.1. The Balaban J connectivity index is 2.34. The molecule has 1 fully saturated rings. The van der Waals surface area contributed by atoms with Crippen molar-refractivity contribution < 1.29 is 17.9 Å². The summed E-state index contributed by atoms with van der Waals surface area (Å²) in [5.74, 6) is 1.05. The van der Waals surface area contributed by atoms with Crippen molar-refractivity contribution in [3.63, 3.8) is 0 Å². The summed E-state index contributed by atoms with van der Waals surface area (Å²) in [6, 6.07) is 2.92. The summed E-state index contributed by atoms with van der Waals surface area (Å²) in [5, 5.41) is 3.21. The minimum atomic E-state index is -3.68. The van der Waals surface area contributed by atoms with Gasteiger partial charge in [-0.15, -0.1) is 0 Å². The van der Waals surface area contributed by atoms with Crippen molar-refractivity contribution >= 4 is 26.0 Å². The summed E-state index contributed by atoms with van der Waals surface area (Å²) in [5.41, 5.74) is 0. The predicted octanol–water partition coefficient (Wildman–Crippen LogP) is 1.74. The van der Waals surface area contributed by atoms with E-state index >= 15 is 0 Å². The van der Waals surface area contributed by atoms with E-state index in [4.69, 9.17) is 9.47 Å². The maximum Gasteiger partial charge on any atom is 0.244 e. The first kappa shape index (κ1) is 17.5. The van der Waals surface area contributed by atoms with Crippen LogP contribution in [0.3, 0.4) is 0 Å². The molecule has 1 aliphatic heterocycles. The van der Waals surface area contributed by atoms with E-state index in [0.29, 0.717) is 16.8 Å². The molecule has 1 aromatic carbocycles. The van der Waals surface area contributed by atoms with Gasteiger partial charge in [0.2, 0.25) is 10.0 Å². The zero-order chi connectivity index (χ0) is 16.3. The summed E-state index contributed by atoms with van der Waals surface area (Å²) in [4.78, 5) is 0.0976. The molecule has 0 bridgehead atoms. The average molecular weight is 393 g/mol. The molecule has 2 atom stereocenters. The molecule has 1 aliphatic rings. The Kier molecular flexibility index (Phi) is 5.70. The minimum absolute atomic E-state index is 0.0976. The van der Waals surface area contributed by atoms with E-state index < -0.39 is 10.0 Å². The summed E-state index contributed by atoms with van der Waals surface area (Å²) in [6.45, 7) is 3.59. The molecular weight excluding hydrogens is 372 g/mol. The maximum atomic E-state index is 12.7. The molecule has 1 heterocycles. The lowest BCUT2D eigenvalue weighted by atomic mass is 9.96. The molecule has 0 radical (unpaired) electrons. The summed E-state index contributed by atoms with van der Waals surface area (Å²) in [7, 11) is -0.731. The third-order valence-electron chi connectivity index (χ3n) is 3.86. The Hall–Kier alpha value is -0.830. The molecule has 8 heteroatoms. The molecule has 0 spiro atoms. The van der Waals surface area contributed by atoms with Gasteiger partial charge in [-0.25, -0.2) is 13.1 Å². The van der Waals surface area contributed by atoms with Crippen molar-refractivity contribution in [3.05, 3.63) is 16.6 Å². The van der Waals surface area contributed by atoms with Gasteiger partial charge in [-0.05, 0) is 40.9 Å². The van der Waals surface area contributed by atoms with E-state index in [2.05, 4.69) is 32.9 Å². The van der Waals surface area contributed by atoms with Gasteiger partial charge in [0.15, 0.2) is 0 Å². The molecule has 2 rings (SSSR count). The van der Waals surface area contributed by atoms with Crippen LogP contribution >= 0.6 is 15.9 Å². The lowest BCUT2D eigenvalue weighted by molar-refractivity contribution is 0.326. The van der Waals surface area contributed by atoms with Crippen LogP contribution in [0.25, 0.3) is 0 Å². The van der Waals surface area contributed by atoms with Crippen molar-refractivity contribution in [1.29, 1.82) is 0 Å². The highest BCUT2D eigenvalue weighted by molar-refractivity contribution is 9.10. The molecule has 2 unspecified atom stereocenters. The predicted molar refractivity (Wildman–Crippen MR) is 88.0 cm³/mol. The number of methoxy groups -OCH3 is 2. The Morgan fingerprint density at radius 1 is 1.27 bits per heavy atom. The number of sulfonamides is 1. The molecule has 1 aromatic rings. The number of halogens is 1. The van der Waals surface area contributed by atoms with E-state index in [1.54, 1.807) is 6.07 Å². The third-order valence-corrected chi connectivity index (χ3v) is 5.99. The lowest BCUT2D eigenvalue weighted by Crippen LogP contribution is -2.50. The van der Waals surface area contributed by atoms with Crippen LogP contribution in [-0.2, 0) is 10.0 Å². The Morgan fingerprint density at radius 3 is 2.55 bits per heavy atom. The van der Waals surface area contributed by atoms with Gasteiger partial charge in [0.05, 0.1) is 18.7 Å². The van der Waals surface area contributed by atoms with Crippen molar-refractivity contribution in [2.45, 2.75) is 24.3 Å². The second-order valence-corrected chi connectivity index (χ2v) is 7.87. The highest BCUT2D eigenvalue weighted by Crippen LogP contribution is 2.35. The van der Waals surface area contributed by atoms with Gasteiger partial charge in [-0.2, -0.15) is 0 Å². The SMILES string of the molecule is COc1cc(OC)c(S(=O)(=O)NC2CNCCC2C)cc1Br.